The molecular weight excluding hydrogens is 294 g/mol. The van der Waals surface area contributed by atoms with Gasteiger partial charge in [0.05, 0.1) is 5.60 Å². The molecule has 2 nitrogen and oxygen atoms in total. The summed E-state index contributed by atoms with van der Waals surface area (Å²) in [4.78, 5) is 2.42. The second-order valence-corrected chi connectivity index (χ2v) is 7.68. The van der Waals surface area contributed by atoms with Gasteiger partial charge in [-0.05, 0) is 37.3 Å². The van der Waals surface area contributed by atoms with Gasteiger partial charge in [-0.1, -0.05) is 74.5 Å². The Kier molecular flexibility index (Phi) is 6.59. The van der Waals surface area contributed by atoms with Crippen molar-refractivity contribution in [1.82, 2.24) is 4.90 Å². The zero-order valence-electron chi connectivity index (χ0n) is 15.4. The monoisotopic (exact) mass is 325 g/mol. The lowest BCUT2D eigenvalue weighted by Gasteiger charge is -2.40. The topological polar surface area (TPSA) is 23.5 Å². The lowest BCUT2D eigenvalue weighted by Crippen LogP contribution is -2.49. The van der Waals surface area contributed by atoms with Crippen molar-refractivity contribution in [3.05, 3.63) is 71.8 Å². The molecule has 2 aromatic carbocycles. The van der Waals surface area contributed by atoms with Crippen LogP contribution in [0.2, 0.25) is 0 Å². The van der Waals surface area contributed by atoms with Gasteiger partial charge in [-0.2, -0.15) is 0 Å². The molecule has 0 radical (unpaired) electrons. The molecule has 0 spiro atoms. The van der Waals surface area contributed by atoms with Crippen LogP contribution >= 0.6 is 0 Å². The Hall–Kier alpha value is -1.64. The number of hydrogen-bond donors (Lipinski definition) is 1. The van der Waals surface area contributed by atoms with Gasteiger partial charge in [-0.3, -0.25) is 4.90 Å². The lowest BCUT2D eigenvalue weighted by atomic mass is 9.88. The molecule has 0 amide bonds. The van der Waals surface area contributed by atoms with Gasteiger partial charge in [0.15, 0.2) is 0 Å². The van der Waals surface area contributed by atoms with Crippen molar-refractivity contribution in [2.45, 2.75) is 58.8 Å². The molecule has 0 aliphatic carbocycles. The van der Waals surface area contributed by atoms with Crippen LogP contribution in [0.5, 0.6) is 0 Å². The molecule has 0 unspecified atom stereocenters. The standard InChI is InChI=1S/C22H31NO/c1-18(2)15-21(22(3,4)24)23(16-19-11-7-5-8-12-19)17-20-13-9-6-10-14-20/h5-14,18,21,24H,15-17H2,1-4H3/t21-/m1/s1. The smallest absolute Gasteiger partial charge is 0.0746 e. The molecule has 0 fully saturated rings. The van der Waals surface area contributed by atoms with E-state index in [0.717, 1.165) is 19.5 Å². The van der Waals surface area contributed by atoms with Crippen LogP contribution in [-0.2, 0) is 13.1 Å². The van der Waals surface area contributed by atoms with E-state index < -0.39 is 5.60 Å². The Morgan fingerprint density at radius 1 is 0.833 bits per heavy atom. The SMILES string of the molecule is CC(C)C[C@@H](N(Cc1ccccc1)Cc1ccccc1)C(C)(C)O. The van der Waals surface area contributed by atoms with E-state index in [1.807, 2.05) is 26.0 Å². The van der Waals surface area contributed by atoms with Crippen LogP contribution in [-0.4, -0.2) is 21.6 Å². The third kappa shape index (κ3) is 5.77. The summed E-state index contributed by atoms with van der Waals surface area (Å²) in [7, 11) is 0. The van der Waals surface area contributed by atoms with E-state index in [0.29, 0.717) is 5.92 Å². The van der Waals surface area contributed by atoms with Crippen molar-refractivity contribution >= 4 is 0 Å². The van der Waals surface area contributed by atoms with E-state index in [9.17, 15) is 5.11 Å². The Labute approximate surface area is 147 Å². The third-order valence-electron chi connectivity index (χ3n) is 4.41. The minimum Gasteiger partial charge on any atom is -0.389 e. The van der Waals surface area contributed by atoms with Gasteiger partial charge in [0.2, 0.25) is 0 Å². The van der Waals surface area contributed by atoms with Gasteiger partial charge in [0.1, 0.15) is 0 Å². The summed E-state index contributed by atoms with van der Waals surface area (Å²) in [5.41, 5.74) is 1.83. The summed E-state index contributed by atoms with van der Waals surface area (Å²) in [5.74, 6) is 0.537. The molecule has 0 bridgehead atoms. The quantitative estimate of drug-likeness (QED) is 0.748. The highest BCUT2D eigenvalue weighted by molar-refractivity contribution is 5.17. The van der Waals surface area contributed by atoms with Crippen LogP contribution in [0.15, 0.2) is 60.7 Å². The van der Waals surface area contributed by atoms with E-state index in [2.05, 4.69) is 67.3 Å². The van der Waals surface area contributed by atoms with Crippen LogP contribution in [0.4, 0.5) is 0 Å². The first-order valence-corrected chi connectivity index (χ1v) is 8.90. The molecule has 1 atom stereocenters. The molecule has 0 aromatic heterocycles. The fourth-order valence-corrected chi connectivity index (χ4v) is 3.24. The predicted molar refractivity (Wildman–Crippen MR) is 102 cm³/mol. The van der Waals surface area contributed by atoms with Gasteiger partial charge in [-0.25, -0.2) is 0 Å². The molecule has 1 N–H and O–H groups in total. The molecule has 2 rings (SSSR count). The molecule has 2 aromatic rings. The average Bonchev–Trinajstić information content (AvgIpc) is 2.53. The maximum atomic E-state index is 10.8. The van der Waals surface area contributed by atoms with Gasteiger partial charge >= 0.3 is 0 Å². The largest absolute Gasteiger partial charge is 0.389 e. The van der Waals surface area contributed by atoms with Gasteiger partial charge in [-0.15, -0.1) is 0 Å². The maximum absolute atomic E-state index is 10.8. The molecule has 2 heteroatoms. The zero-order chi connectivity index (χ0) is 17.6. The molecular formula is C22H31NO. The van der Waals surface area contributed by atoms with Gasteiger partial charge in [0.25, 0.3) is 0 Å². The third-order valence-corrected chi connectivity index (χ3v) is 4.41. The molecule has 0 aliphatic rings. The molecule has 24 heavy (non-hydrogen) atoms. The first kappa shape index (κ1) is 18.7. The van der Waals surface area contributed by atoms with Crippen molar-refractivity contribution < 1.29 is 5.11 Å². The molecule has 0 aliphatic heterocycles. The number of nitrogens with zero attached hydrogens (tertiary/aromatic N) is 1. The summed E-state index contributed by atoms with van der Waals surface area (Å²) in [6.45, 7) is 10.0. The van der Waals surface area contributed by atoms with E-state index in [1.54, 1.807) is 0 Å². The van der Waals surface area contributed by atoms with E-state index in [4.69, 9.17) is 0 Å². The molecule has 0 heterocycles. The van der Waals surface area contributed by atoms with Crippen LogP contribution in [0.3, 0.4) is 0 Å². The number of benzene rings is 2. The van der Waals surface area contributed by atoms with Crippen molar-refractivity contribution in [2.75, 3.05) is 0 Å². The van der Waals surface area contributed by atoms with Crippen LogP contribution in [0.1, 0.15) is 45.2 Å². The highest BCUT2D eigenvalue weighted by atomic mass is 16.3. The Bertz CT molecular complexity index is 545. The first-order chi connectivity index (χ1) is 11.4. The molecule has 0 saturated carbocycles. The van der Waals surface area contributed by atoms with Crippen molar-refractivity contribution in [2.24, 2.45) is 5.92 Å². The van der Waals surface area contributed by atoms with Gasteiger partial charge in [0, 0.05) is 19.1 Å². The predicted octanol–water partition coefficient (Wildman–Crippen LogP) is 4.87. The van der Waals surface area contributed by atoms with Crippen molar-refractivity contribution in [1.29, 1.82) is 0 Å². The number of aliphatic hydroxyl groups is 1. The molecule has 130 valence electrons. The fourth-order valence-electron chi connectivity index (χ4n) is 3.24. The normalized spacial score (nSPS) is 13.5. The van der Waals surface area contributed by atoms with Crippen LogP contribution < -0.4 is 0 Å². The van der Waals surface area contributed by atoms with E-state index >= 15 is 0 Å². The fraction of sp³-hybridized carbons (Fsp3) is 0.455. The average molecular weight is 325 g/mol. The zero-order valence-corrected chi connectivity index (χ0v) is 15.4. The second-order valence-electron chi connectivity index (χ2n) is 7.68. The summed E-state index contributed by atoms with van der Waals surface area (Å²) >= 11 is 0. The van der Waals surface area contributed by atoms with Gasteiger partial charge < -0.3 is 5.11 Å². The summed E-state index contributed by atoms with van der Waals surface area (Å²) < 4.78 is 0. The van der Waals surface area contributed by atoms with E-state index in [1.165, 1.54) is 11.1 Å². The van der Waals surface area contributed by atoms with Crippen molar-refractivity contribution in [3.63, 3.8) is 0 Å². The van der Waals surface area contributed by atoms with Crippen LogP contribution in [0, 0.1) is 5.92 Å². The highest BCUT2D eigenvalue weighted by Gasteiger charge is 2.32. The van der Waals surface area contributed by atoms with Crippen molar-refractivity contribution in [3.8, 4) is 0 Å². The highest BCUT2D eigenvalue weighted by Crippen LogP contribution is 2.26. The lowest BCUT2D eigenvalue weighted by molar-refractivity contribution is -0.0355. The minimum absolute atomic E-state index is 0.109. The number of hydrogen-bond acceptors (Lipinski definition) is 2. The summed E-state index contributed by atoms with van der Waals surface area (Å²) in [6, 6.07) is 21.2. The minimum atomic E-state index is -0.742. The maximum Gasteiger partial charge on any atom is 0.0746 e. The first-order valence-electron chi connectivity index (χ1n) is 8.90. The molecule has 0 saturated heterocycles. The number of rotatable bonds is 8. The van der Waals surface area contributed by atoms with E-state index in [-0.39, 0.29) is 6.04 Å². The van der Waals surface area contributed by atoms with Crippen LogP contribution in [0.25, 0.3) is 0 Å². The second kappa shape index (κ2) is 8.46. The summed E-state index contributed by atoms with van der Waals surface area (Å²) in [5, 5.41) is 10.8. The Morgan fingerprint density at radius 2 is 1.25 bits per heavy atom. The summed E-state index contributed by atoms with van der Waals surface area (Å²) in [6.07, 6.45) is 0.975. The Balaban J connectivity index is 2.28. The Morgan fingerprint density at radius 3 is 1.58 bits per heavy atom.